The van der Waals surface area contributed by atoms with Gasteiger partial charge in [-0.15, -0.1) is 0 Å². The van der Waals surface area contributed by atoms with E-state index in [0.29, 0.717) is 5.56 Å². The van der Waals surface area contributed by atoms with E-state index in [0.717, 1.165) is 18.4 Å². The molecule has 0 aromatic heterocycles. The van der Waals surface area contributed by atoms with E-state index in [4.69, 9.17) is 0 Å². The third kappa shape index (κ3) is 2.85. The molecule has 2 rings (SSSR count). The zero-order chi connectivity index (χ0) is 15.0. The van der Waals surface area contributed by atoms with E-state index in [2.05, 4.69) is 12.2 Å². The van der Waals surface area contributed by atoms with Gasteiger partial charge in [0.2, 0.25) is 0 Å². The first kappa shape index (κ1) is 15.4. The minimum atomic E-state index is -4.27. The van der Waals surface area contributed by atoms with Crippen LogP contribution in [0.15, 0.2) is 18.2 Å². The lowest BCUT2D eigenvalue weighted by Gasteiger charge is -2.35. The summed E-state index contributed by atoms with van der Waals surface area (Å²) >= 11 is 0. The van der Waals surface area contributed by atoms with Gasteiger partial charge in [-0.3, -0.25) is 0 Å². The average molecular weight is 285 g/mol. The van der Waals surface area contributed by atoms with Crippen molar-refractivity contribution < 1.29 is 13.2 Å². The van der Waals surface area contributed by atoms with Gasteiger partial charge in [-0.25, -0.2) is 0 Å². The summed E-state index contributed by atoms with van der Waals surface area (Å²) in [6.45, 7) is 4.01. The molecule has 112 valence electrons. The summed E-state index contributed by atoms with van der Waals surface area (Å²) in [5.41, 5.74) is 1.28. The van der Waals surface area contributed by atoms with E-state index in [1.54, 1.807) is 13.0 Å². The lowest BCUT2D eigenvalue weighted by Crippen LogP contribution is -2.32. The molecule has 0 aliphatic heterocycles. The highest BCUT2D eigenvalue weighted by Gasteiger charge is 2.38. The first-order chi connectivity index (χ1) is 9.28. The third-order valence-corrected chi connectivity index (χ3v) is 4.64. The molecule has 0 bridgehead atoms. The fourth-order valence-corrected chi connectivity index (χ4v) is 3.53. The van der Waals surface area contributed by atoms with Crippen molar-refractivity contribution in [3.05, 3.63) is 34.9 Å². The highest BCUT2D eigenvalue weighted by atomic mass is 19.4. The van der Waals surface area contributed by atoms with Gasteiger partial charge in [0, 0.05) is 6.04 Å². The number of hydrogen-bond donors (Lipinski definition) is 1. The van der Waals surface area contributed by atoms with Crippen LogP contribution in [0, 0.1) is 12.3 Å². The maximum Gasteiger partial charge on any atom is 0.416 e. The minimum Gasteiger partial charge on any atom is -0.313 e. The van der Waals surface area contributed by atoms with Crippen LogP contribution in [-0.4, -0.2) is 7.05 Å². The lowest BCUT2D eigenvalue weighted by molar-refractivity contribution is -0.137. The second-order valence-electron chi connectivity index (χ2n) is 6.15. The fourth-order valence-electron chi connectivity index (χ4n) is 3.53. The van der Waals surface area contributed by atoms with Crippen molar-refractivity contribution in [3.63, 3.8) is 0 Å². The largest absolute Gasteiger partial charge is 0.416 e. The maximum absolute atomic E-state index is 12.7. The van der Waals surface area contributed by atoms with Gasteiger partial charge in [-0.05, 0) is 55.5 Å². The molecular weight excluding hydrogens is 263 g/mol. The molecule has 1 aromatic carbocycles. The highest BCUT2D eigenvalue weighted by Crippen LogP contribution is 2.48. The summed E-state index contributed by atoms with van der Waals surface area (Å²) < 4.78 is 38.2. The van der Waals surface area contributed by atoms with Crippen molar-refractivity contribution in [1.29, 1.82) is 0 Å². The second kappa shape index (κ2) is 5.40. The molecule has 0 radical (unpaired) electrons. The Morgan fingerprint density at radius 1 is 1.20 bits per heavy atom. The second-order valence-corrected chi connectivity index (χ2v) is 6.15. The van der Waals surface area contributed by atoms with Crippen LogP contribution in [0.4, 0.5) is 13.2 Å². The van der Waals surface area contributed by atoms with Gasteiger partial charge in [0.1, 0.15) is 0 Å². The summed E-state index contributed by atoms with van der Waals surface area (Å²) in [5.74, 6) is 0. The molecule has 1 unspecified atom stereocenters. The topological polar surface area (TPSA) is 12.0 Å². The van der Waals surface area contributed by atoms with Gasteiger partial charge in [0.05, 0.1) is 5.56 Å². The van der Waals surface area contributed by atoms with Crippen LogP contribution in [0.5, 0.6) is 0 Å². The van der Waals surface area contributed by atoms with Gasteiger partial charge in [-0.2, -0.15) is 13.2 Å². The molecule has 0 amide bonds. The lowest BCUT2D eigenvalue weighted by atomic mass is 9.76. The van der Waals surface area contributed by atoms with Crippen molar-refractivity contribution in [3.8, 4) is 0 Å². The molecule has 0 spiro atoms. The van der Waals surface area contributed by atoms with E-state index in [9.17, 15) is 13.2 Å². The highest BCUT2D eigenvalue weighted by molar-refractivity contribution is 5.35. The Labute approximate surface area is 118 Å². The van der Waals surface area contributed by atoms with Crippen molar-refractivity contribution in [2.24, 2.45) is 5.41 Å². The molecular formula is C16H22F3N. The van der Waals surface area contributed by atoms with Crippen molar-refractivity contribution >= 4 is 0 Å². The first-order valence-electron chi connectivity index (χ1n) is 7.13. The summed E-state index contributed by atoms with van der Waals surface area (Å²) in [7, 11) is 1.89. The molecule has 1 aromatic rings. The Balaban J connectivity index is 2.36. The summed E-state index contributed by atoms with van der Waals surface area (Å²) in [6, 6.07) is 4.22. The molecule has 1 nitrogen and oxygen atoms in total. The Hall–Kier alpha value is -1.03. The SMILES string of the molecule is CNC(c1ccc(C(F)(F)F)cc1C)C1(C)CCCC1. The summed E-state index contributed by atoms with van der Waals surface area (Å²) in [4.78, 5) is 0. The Morgan fingerprint density at radius 3 is 2.25 bits per heavy atom. The van der Waals surface area contributed by atoms with Crippen LogP contribution < -0.4 is 5.32 Å². The fraction of sp³-hybridized carbons (Fsp3) is 0.625. The van der Waals surface area contributed by atoms with E-state index in [-0.39, 0.29) is 11.5 Å². The van der Waals surface area contributed by atoms with Crippen LogP contribution >= 0.6 is 0 Å². The molecule has 1 fully saturated rings. The Morgan fingerprint density at radius 2 is 1.80 bits per heavy atom. The molecule has 1 N–H and O–H groups in total. The monoisotopic (exact) mass is 285 g/mol. The summed E-state index contributed by atoms with van der Waals surface area (Å²) in [5, 5.41) is 3.32. The molecule has 1 saturated carbocycles. The van der Waals surface area contributed by atoms with Gasteiger partial charge in [0.25, 0.3) is 0 Å². The minimum absolute atomic E-state index is 0.118. The zero-order valence-corrected chi connectivity index (χ0v) is 12.3. The molecule has 4 heteroatoms. The molecule has 0 saturated heterocycles. The van der Waals surface area contributed by atoms with Gasteiger partial charge >= 0.3 is 6.18 Å². The number of aryl methyl sites for hydroxylation is 1. The predicted octanol–water partition coefficient (Wildman–Crippen LogP) is 4.85. The molecule has 1 atom stereocenters. The van der Waals surface area contributed by atoms with Gasteiger partial charge in [-0.1, -0.05) is 25.8 Å². The quantitative estimate of drug-likeness (QED) is 0.836. The standard InChI is InChI=1S/C16H22F3N/c1-11-10-12(16(17,18)19)6-7-13(11)14(20-3)15(2)8-4-5-9-15/h6-7,10,14,20H,4-5,8-9H2,1-3H3. The zero-order valence-electron chi connectivity index (χ0n) is 12.3. The van der Waals surface area contributed by atoms with E-state index >= 15 is 0 Å². The van der Waals surface area contributed by atoms with Crippen LogP contribution in [-0.2, 0) is 6.18 Å². The van der Waals surface area contributed by atoms with Crippen LogP contribution in [0.3, 0.4) is 0 Å². The van der Waals surface area contributed by atoms with E-state index < -0.39 is 11.7 Å². The molecule has 1 aliphatic carbocycles. The summed E-state index contributed by atoms with van der Waals surface area (Å²) in [6.07, 6.45) is 0.385. The molecule has 1 aliphatic rings. The van der Waals surface area contributed by atoms with Crippen LogP contribution in [0.2, 0.25) is 0 Å². The smallest absolute Gasteiger partial charge is 0.313 e. The Bertz CT molecular complexity index is 473. The maximum atomic E-state index is 12.7. The van der Waals surface area contributed by atoms with E-state index in [1.165, 1.54) is 25.0 Å². The average Bonchev–Trinajstić information content (AvgIpc) is 2.78. The number of rotatable bonds is 3. The number of halogens is 3. The number of alkyl halides is 3. The van der Waals surface area contributed by atoms with Crippen LogP contribution in [0.1, 0.15) is 55.3 Å². The Kier molecular flexibility index (Phi) is 4.14. The van der Waals surface area contributed by atoms with Crippen LogP contribution in [0.25, 0.3) is 0 Å². The third-order valence-electron chi connectivity index (χ3n) is 4.64. The number of nitrogens with one attached hydrogen (secondary N) is 1. The predicted molar refractivity (Wildman–Crippen MR) is 74.6 cm³/mol. The number of benzene rings is 1. The molecule has 20 heavy (non-hydrogen) atoms. The normalized spacial score (nSPS) is 20.1. The number of hydrogen-bond acceptors (Lipinski definition) is 1. The van der Waals surface area contributed by atoms with E-state index in [1.807, 2.05) is 7.05 Å². The first-order valence-corrected chi connectivity index (χ1v) is 7.13. The van der Waals surface area contributed by atoms with Gasteiger partial charge in [0.15, 0.2) is 0 Å². The van der Waals surface area contributed by atoms with Crippen molar-refractivity contribution in [1.82, 2.24) is 5.32 Å². The molecule has 0 heterocycles. The van der Waals surface area contributed by atoms with Crippen molar-refractivity contribution in [2.45, 2.75) is 51.7 Å². The van der Waals surface area contributed by atoms with Crippen molar-refractivity contribution in [2.75, 3.05) is 7.05 Å². The van der Waals surface area contributed by atoms with Gasteiger partial charge < -0.3 is 5.32 Å².